The lowest BCUT2D eigenvalue weighted by Crippen LogP contribution is -2.34. The molecule has 1 aromatic heterocycles. The Balaban J connectivity index is 1.96. The molecule has 4 nitrogen and oxygen atoms in total. The first-order chi connectivity index (χ1) is 9.25. The van der Waals surface area contributed by atoms with Crippen molar-refractivity contribution in [1.29, 1.82) is 0 Å². The van der Waals surface area contributed by atoms with Crippen molar-refractivity contribution in [2.45, 2.75) is 63.0 Å². The lowest BCUT2D eigenvalue weighted by atomic mass is 9.83. The summed E-state index contributed by atoms with van der Waals surface area (Å²) in [6.07, 6.45) is 10.9. The highest BCUT2D eigenvalue weighted by Gasteiger charge is 2.37. The predicted octanol–water partition coefficient (Wildman–Crippen LogP) is 2.62. The molecule has 104 valence electrons. The van der Waals surface area contributed by atoms with Crippen molar-refractivity contribution < 1.29 is 4.74 Å². The van der Waals surface area contributed by atoms with Crippen molar-refractivity contribution in [3.63, 3.8) is 0 Å². The highest BCUT2D eigenvalue weighted by Crippen LogP contribution is 2.39. The fourth-order valence-electron chi connectivity index (χ4n) is 3.44. The van der Waals surface area contributed by atoms with Gasteiger partial charge in [-0.15, -0.1) is 0 Å². The van der Waals surface area contributed by atoms with Crippen molar-refractivity contribution in [2.75, 3.05) is 7.11 Å². The summed E-state index contributed by atoms with van der Waals surface area (Å²) in [4.78, 5) is 9.41. The molecular formula is C15H23N3O. The Hall–Kier alpha value is -1.00. The number of aryl methyl sites for hydroxylation is 1. The molecule has 1 aromatic rings. The molecular weight excluding hydrogens is 238 g/mol. The molecule has 1 fully saturated rings. The molecule has 0 aliphatic heterocycles. The zero-order valence-electron chi connectivity index (χ0n) is 11.7. The van der Waals surface area contributed by atoms with E-state index in [2.05, 4.69) is 4.98 Å². The number of nitrogens with two attached hydrogens (primary N) is 1. The zero-order chi connectivity index (χ0) is 13.3. The summed E-state index contributed by atoms with van der Waals surface area (Å²) in [5, 5.41) is 0. The first kappa shape index (κ1) is 13.0. The van der Waals surface area contributed by atoms with Crippen molar-refractivity contribution in [2.24, 2.45) is 5.73 Å². The molecule has 2 aliphatic carbocycles. The monoisotopic (exact) mass is 261 g/mol. The van der Waals surface area contributed by atoms with Crippen molar-refractivity contribution in [1.82, 2.24) is 9.97 Å². The SMILES string of the molecule is COC1(c2ncc3c(n2)CCCC3N)CCCCC1. The van der Waals surface area contributed by atoms with Crippen molar-refractivity contribution in [3.8, 4) is 0 Å². The Labute approximate surface area is 114 Å². The van der Waals surface area contributed by atoms with Crippen LogP contribution in [0.25, 0.3) is 0 Å². The summed E-state index contributed by atoms with van der Waals surface area (Å²) >= 11 is 0. The van der Waals surface area contributed by atoms with Gasteiger partial charge in [-0.3, -0.25) is 0 Å². The molecule has 1 heterocycles. The number of methoxy groups -OCH3 is 1. The summed E-state index contributed by atoms with van der Waals surface area (Å²) in [6.45, 7) is 0. The van der Waals surface area contributed by atoms with Gasteiger partial charge in [0.25, 0.3) is 0 Å². The third-order valence-corrected chi connectivity index (χ3v) is 4.69. The van der Waals surface area contributed by atoms with E-state index in [1.54, 1.807) is 7.11 Å². The summed E-state index contributed by atoms with van der Waals surface area (Å²) in [7, 11) is 1.79. The molecule has 2 aliphatic rings. The van der Waals surface area contributed by atoms with Crippen LogP contribution in [0, 0.1) is 0 Å². The molecule has 0 radical (unpaired) electrons. The molecule has 0 saturated heterocycles. The second-order valence-electron chi connectivity index (χ2n) is 5.85. The smallest absolute Gasteiger partial charge is 0.160 e. The molecule has 0 aromatic carbocycles. The van der Waals surface area contributed by atoms with E-state index < -0.39 is 0 Å². The van der Waals surface area contributed by atoms with E-state index in [1.807, 2.05) is 6.20 Å². The van der Waals surface area contributed by atoms with E-state index in [-0.39, 0.29) is 11.6 Å². The summed E-state index contributed by atoms with van der Waals surface area (Å²) in [6, 6.07) is 0.114. The molecule has 3 rings (SSSR count). The molecule has 1 atom stereocenters. The largest absolute Gasteiger partial charge is 0.370 e. The predicted molar refractivity (Wildman–Crippen MR) is 73.7 cm³/mol. The van der Waals surface area contributed by atoms with Crippen LogP contribution in [0.2, 0.25) is 0 Å². The Morgan fingerprint density at radius 3 is 2.79 bits per heavy atom. The Morgan fingerprint density at radius 2 is 2.05 bits per heavy atom. The van der Waals surface area contributed by atoms with Crippen molar-refractivity contribution in [3.05, 3.63) is 23.3 Å². The first-order valence-corrected chi connectivity index (χ1v) is 7.42. The zero-order valence-corrected chi connectivity index (χ0v) is 11.7. The normalized spacial score (nSPS) is 25.9. The number of hydrogen-bond donors (Lipinski definition) is 1. The number of fused-ring (bicyclic) bond motifs is 1. The maximum absolute atomic E-state index is 6.13. The summed E-state index contributed by atoms with van der Waals surface area (Å²) in [5.74, 6) is 0.877. The summed E-state index contributed by atoms with van der Waals surface area (Å²) < 4.78 is 5.83. The number of hydrogen-bond acceptors (Lipinski definition) is 4. The van der Waals surface area contributed by atoms with Crippen LogP contribution in [-0.2, 0) is 16.8 Å². The van der Waals surface area contributed by atoms with Gasteiger partial charge in [0.05, 0.1) is 0 Å². The Morgan fingerprint density at radius 1 is 1.26 bits per heavy atom. The van der Waals surface area contributed by atoms with E-state index in [0.29, 0.717) is 0 Å². The van der Waals surface area contributed by atoms with Crippen LogP contribution >= 0.6 is 0 Å². The number of nitrogens with zero attached hydrogens (tertiary/aromatic N) is 2. The quantitative estimate of drug-likeness (QED) is 0.889. The van der Waals surface area contributed by atoms with Gasteiger partial charge in [0.2, 0.25) is 0 Å². The third kappa shape index (κ3) is 2.28. The van der Waals surface area contributed by atoms with Gasteiger partial charge in [0, 0.05) is 30.6 Å². The van der Waals surface area contributed by atoms with E-state index in [0.717, 1.165) is 49.2 Å². The van der Waals surface area contributed by atoms with E-state index in [1.165, 1.54) is 19.3 Å². The standard InChI is InChI=1S/C15H23N3O/c1-19-15(8-3-2-4-9-15)14-17-10-11-12(16)6-5-7-13(11)18-14/h10,12H,2-9,16H2,1H3. The van der Waals surface area contributed by atoms with Gasteiger partial charge in [0.15, 0.2) is 5.82 Å². The molecule has 4 heteroatoms. The van der Waals surface area contributed by atoms with E-state index in [9.17, 15) is 0 Å². The lowest BCUT2D eigenvalue weighted by molar-refractivity contribution is -0.0517. The minimum absolute atomic E-state index is 0.114. The van der Waals surface area contributed by atoms with Crippen LogP contribution in [0.15, 0.2) is 6.20 Å². The molecule has 0 spiro atoms. The molecule has 2 N–H and O–H groups in total. The van der Waals surface area contributed by atoms with Gasteiger partial charge >= 0.3 is 0 Å². The van der Waals surface area contributed by atoms with E-state index in [4.69, 9.17) is 15.5 Å². The fourth-order valence-corrected chi connectivity index (χ4v) is 3.44. The van der Waals surface area contributed by atoms with Gasteiger partial charge in [-0.2, -0.15) is 0 Å². The number of rotatable bonds is 2. The van der Waals surface area contributed by atoms with Crippen LogP contribution in [0.3, 0.4) is 0 Å². The highest BCUT2D eigenvalue weighted by molar-refractivity contribution is 5.25. The third-order valence-electron chi connectivity index (χ3n) is 4.69. The van der Waals surface area contributed by atoms with E-state index >= 15 is 0 Å². The molecule has 19 heavy (non-hydrogen) atoms. The second kappa shape index (κ2) is 5.17. The minimum Gasteiger partial charge on any atom is -0.370 e. The van der Waals surface area contributed by atoms with Gasteiger partial charge in [0.1, 0.15) is 5.60 Å². The van der Waals surface area contributed by atoms with Crippen LogP contribution in [-0.4, -0.2) is 17.1 Å². The molecule has 1 unspecified atom stereocenters. The van der Waals surface area contributed by atoms with Gasteiger partial charge in [-0.1, -0.05) is 19.3 Å². The molecule has 1 saturated carbocycles. The average Bonchev–Trinajstić information content (AvgIpc) is 2.48. The second-order valence-corrected chi connectivity index (χ2v) is 5.85. The molecule has 0 amide bonds. The van der Waals surface area contributed by atoms with Crippen molar-refractivity contribution >= 4 is 0 Å². The van der Waals surface area contributed by atoms with Gasteiger partial charge in [-0.05, 0) is 32.1 Å². The minimum atomic E-state index is -0.255. The first-order valence-electron chi connectivity index (χ1n) is 7.42. The highest BCUT2D eigenvalue weighted by atomic mass is 16.5. The maximum atomic E-state index is 6.13. The number of aromatic nitrogens is 2. The van der Waals surface area contributed by atoms with Crippen LogP contribution in [0.1, 0.15) is 68.1 Å². The van der Waals surface area contributed by atoms with Crippen LogP contribution in [0.5, 0.6) is 0 Å². The number of ether oxygens (including phenoxy) is 1. The van der Waals surface area contributed by atoms with Crippen LogP contribution in [0.4, 0.5) is 0 Å². The van der Waals surface area contributed by atoms with Crippen LogP contribution < -0.4 is 5.73 Å². The maximum Gasteiger partial charge on any atom is 0.160 e. The lowest BCUT2D eigenvalue weighted by Gasteiger charge is -2.35. The molecule has 0 bridgehead atoms. The van der Waals surface area contributed by atoms with Gasteiger partial charge in [-0.25, -0.2) is 9.97 Å². The average molecular weight is 261 g/mol. The van der Waals surface area contributed by atoms with Gasteiger partial charge < -0.3 is 10.5 Å². The Kier molecular flexibility index (Phi) is 3.54. The topological polar surface area (TPSA) is 61.0 Å². The summed E-state index contributed by atoms with van der Waals surface area (Å²) in [5.41, 5.74) is 8.15. The fraction of sp³-hybridized carbons (Fsp3) is 0.733. The Bertz CT molecular complexity index is 455.